The minimum Gasteiger partial charge on any atom is -0.492 e. The van der Waals surface area contributed by atoms with Gasteiger partial charge in [0.1, 0.15) is 12.4 Å². The molecule has 1 N–H and O–H groups in total. The second-order valence-electron chi connectivity index (χ2n) is 6.00. The summed E-state index contributed by atoms with van der Waals surface area (Å²) in [6.45, 7) is 7.34. The summed E-state index contributed by atoms with van der Waals surface area (Å²) in [6, 6.07) is 8.02. The number of rotatable bonds is 7. The lowest BCUT2D eigenvalue weighted by Crippen LogP contribution is -2.50. The van der Waals surface area contributed by atoms with Gasteiger partial charge in [0.05, 0.1) is 12.6 Å². The zero-order valence-corrected chi connectivity index (χ0v) is 13.8. The Morgan fingerprint density at radius 2 is 2.09 bits per heavy atom. The second-order valence-corrected chi connectivity index (χ2v) is 6.00. The van der Waals surface area contributed by atoms with Crippen molar-refractivity contribution in [3.05, 3.63) is 29.8 Å². The summed E-state index contributed by atoms with van der Waals surface area (Å²) in [5, 5.41) is 3.02. The van der Waals surface area contributed by atoms with Crippen LogP contribution in [0.2, 0.25) is 0 Å². The van der Waals surface area contributed by atoms with Gasteiger partial charge in [0.15, 0.2) is 0 Å². The van der Waals surface area contributed by atoms with Gasteiger partial charge in [-0.15, -0.1) is 0 Å². The number of piperidine rings is 1. The fourth-order valence-corrected chi connectivity index (χ4v) is 2.94. The van der Waals surface area contributed by atoms with Gasteiger partial charge in [0, 0.05) is 0 Å². The molecule has 0 radical (unpaired) electrons. The summed E-state index contributed by atoms with van der Waals surface area (Å²) < 4.78 is 5.64. The molecule has 122 valence electrons. The van der Waals surface area contributed by atoms with Crippen LogP contribution in [-0.4, -0.2) is 43.1 Å². The number of nitrogens with zero attached hydrogens (tertiary/aromatic N) is 1. The Morgan fingerprint density at radius 3 is 2.82 bits per heavy atom. The minimum absolute atomic E-state index is 0.0491. The third kappa shape index (κ3) is 5.02. The van der Waals surface area contributed by atoms with Crippen LogP contribution in [0.1, 0.15) is 38.2 Å². The molecule has 4 heteroatoms. The van der Waals surface area contributed by atoms with Crippen LogP contribution in [0.25, 0.3) is 0 Å². The molecule has 0 bridgehead atoms. The van der Waals surface area contributed by atoms with Crippen molar-refractivity contribution in [3.8, 4) is 5.75 Å². The van der Waals surface area contributed by atoms with Gasteiger partial charge >= 0.3 is 0 Å². The van der Waals surface area contributed by atoms with Crippen molar-refractivity contribution in [2.45, 2.75) is 45.6 Å². The van der Waals surface area contributed by atoms with Gasteiger partial charge < -0.3 is 10.1 Å². The number of amides is 1. The fraction of sp³-hybridized carbons (Fsp3) is 0.611. The minimum atomic E-state index is 0.0491. The monoisotopic (exact) mass is 304 g/mol. The summed E-state index contributed by atoms with van der Waals surface area (Å²) in [4.78, 5) is 14.7. The third-order valence-corrected chi connectivity index (χ3v) is 4.12. The Labute approximate surface area is 133 Å². The first kappa shape index (κ1) is 16.8. The van der Waals surface area contributed by atoms with E-state index < -0.39 is 0 Å². The van der Waals surface area contributed by atoms with Crippen molar-refractivity contribution in [3.63, 3.8) is 0 Å². The molecular formula is C18H28N2O2. The molecule has 1 fully saturated rings. The number of carbonyl (C=O) groups is 1. The van der Waals surface area contributed by atoms with Gasteiger partial charge in [-0.05, 0) is 51.4 Å². The number of aryl methyl sites for hydroxylation is 1. The molecule has 1 unspecified atom stereocenters. The molecule has 2 rings (SSSR count). The number of hydrogen-bond acceptors (Lipinski definition) is 3. The van der Waals surface area contributed by atoms with Crippen LogP contribution in [0.5, 0.6) is 5.75 Å². The van der Waals surface area contributed by atoms with Crippen LogP contribution in [-0.2, 0) is 4.79 Å². The quantitative estimate of drug-likeness (QED) is 0.788. The van der Waals surface area contributed by atoms with Gasteiger partial charge in [-0.2, -0.15) is 0 Å². The molecule has 0 spiro atoms. The molecule has 1 aliphatic rings. The average Bonchev–Trinajstić information content (AvgIpc) is 2.54. The zero-order valence-electron chi connectivity index (χ0n) is 13.8. The molecule has 22 heavy (non-hydrogen) atoms. The van der Waals surface area contributed by atoms with Crippen LogP contribution in [0, 0.1) is 6.92 Å². The second kappa shape index (κ2) is 8.79. The van der Waals surface area contributed by atoms with E-state index >= 15 is 0 Å². The highest BCUT2D eigenvalue weighted by atomic mass is 16.5. The lowest BCUT2D eigenvalue weighted by atomic mass is 10.0. The summed E-state index contributed by atoms with van der Waals surface area (Å²) in [6.07, 6.45) is 4.43. The largest absolute Gasteiger partial charge is 0.492 e. The Morgan fingerprint density at radius 1 is 1.32 bits per heavy atom. The molecular weight excluding hydrogens is 276 g/mol. The molecule has 0 aromatic heterocycles. The average molecular weight is 304 g/mol. The van der Waals surface area contributed by atoms with Crippen LogP contribution >= 0.6 is 0 Å². The van der Waals surface area contributed by atoms with E-state index in [4.69, 9.17) is 4.74 Å². The predicted molar refractivity (Wildman–Crippen MR) is 89.2 cm³/mol. The maximum absolute atomic E-state index is 12.3. The topological polar surface area (TPSA) is 41.6 Å². The normalized spacial score (nSPS) is 18.9. The first-order chi connectivity index (χ1) is 10.7. The van der Waals surface area contributed by atoms with Crippen LogP contribution in [0.15, 0.2) is 24.3 Å². The van der Waals surface area contributed by atoms with E-state index in [1.165, 1.54) is 12.0 Å². The van der Waals surface area contributed by atoms with Crippen molar-refractivity contribution in [1.82, 2.24) is 10.2 Å². The first-order valence-electron chi connectivity index (χ1n) is 8.42. The molecule has 4 nitrogen and oxygen atoms in total. The molecule has 0 saturated carbocycles. The Hall–Kier alpha value is -1.55. The van der Waals surface area contributed by atoms with Crippen LogP contribution in [0.3, 0.4) is 0 Å². The van der Waals surface area contributed by atoms with Gasteiger partial charge in [0.2, 0.25) is 5.91 Å². The predicted octanol–water partition coefficient (Wildman–Crippen LogP) is 2.75. The molecule has 1 atom stereocenters. The SMILES string of the molecule is CCCN1CCCCC1C(=O)NCCOc1ccc(C)cc1. The van der Waals surface area contributed by atoms with E-state index in [1.54, 1.807) is 0 Å². The van der Waals surface area contributed by atoms with Crippen molar-refractivity contribution in [2.75, 3.05) is 26.2 Å². The maximum Gasteiger partial charge on any atom is 0.237 e. The lowest BCUT2D eigenvalue weighted by Gasteiger charge is -2.34. The molecule has 1 aromatic rings. The highest BCUT2D eigenvalue weighted by Gasteiger charge is 2.27. The number of likely N-dealkylation sites (tertiary alicyclic amines) is 1. The number of hydrogen-bond donors (Lipinski definition) is 1. The van der Waals surface area contributed by atoms with Crippen LogP contribution in [0.4, 0.5) is 0 Å². The van der Waals surface area contributed by atoms with E-state index in [0.29, 0.717) is 13.2 Å². The van der Waals surface area contributed by atoms with Gasteiger partial charge in [-0.25, -0.2) is 0 Å². The van der Waals surface area contributed by atoms with E-state index in [1.807, 2.05) is 24.3 Å². The molecule has 1 aromatic carbocycles. The van der Waals surface area contributed by atoms with E-state index in [-0.39, 0.29) is 11.9 Å². The summed E-state index contributed by atoms with van der Waals surface area (Å²) in [7, 11) is 0. The molecule has 1 saturated heterocycles. The summed E-state index contributed by atoms with van der Waals surface area (Å²) in [5.41, 5.74) is 1.22. The van der Waals surface area contributed by atoms with Gasteiger partial charge in [0.25, 0.3) is 0 Å². The Bertz CT molecular complexity index is 457. The lowest BCUT2D eigenvalue weighted by molar-refractivity contribution is -0.127. The van der Waals surface area contributed by atoms with E-state index in [0.717, 1.165) is 38.1 Å². The summed E-state index contributed by atoms with van der Waals surface area (Å²) >= 11 is 0. The van der Waals surface area contributed by atoms with Crippen LogP contribution < -0.4 is 10.1 Å². The smallest absolute Gasteiger partial charge is 0.237 e. The maximum atomic E-state index is 12.3. The Balaban J connectivity index is 1.71. The number of nitrogens with one attached hydrogen (secondary N) is 1. The molecule has 1 amide bonds. The summed E-state index contributed by atoms with van der Waals surface area (Å²) in [5.74, 6) is 1.01. The number of carbonyl (C=O) groups excluding carboxylic acids is 1. The molecule has 1 aliphatic heterocycles. The van der Waals surface area contributed by atoms with Crippen molar-refractivity contribution < 1.29 is 9.53 Å². The van der Waals surface area contributed by atoms with Crippen molar-refractivity contribution in [1.29, 1.82) is 0 Å². The number of benzene rings is 1. The highest BCUT2D eigenvalue weighted by molar-refractivity contribution is 5.81. The van der Waals surface area contributed by atoms with Gasteiger partial charge in [-0.3, -0.25) is 9.69 Å². The van der Waals surface area contributed by atoms with Crippen molar-refractivity contribution in [2.24, 2.45) is 0 Å². The highest BCUT2D eigenvalue weighted by Crippen LogP contribution is 2.17. The van der Waals surface area contributed by atoms with Gasteiger partial charge in [-0.1, -0.05) is 31.0 Å². The fourth-order valence-electron chi connectivity index (χ4n) is 2.94. The molecule has 0 aliphatic carbocycles. The number of ether oxygens (including phenoxy) is 1. The van der Waals surface area contributed by atoms with Crippen molar-refractivity contribution >= 4 is 5.91 Å². The van der Waals surface area contributed by atoms with E-state index in [9.17, 15) is 4.79 Å². The zero-order chi connectivity index (χ0) is 15.8. The first-order valence-corrected chi connectivity index (χ1v) is 8.42. The Kier molecular flexibility index (Phi) is 6.72. The standard InChI is InChI=1S/C18H28N2O2/c1-3-12-20-13-5-4-6-17(20)18(21)19-11-14-22-16-9-7-15(2)8-10-16/h7-10,17H,3-6,11-14H2,1-2H3,(H,19,21). The third-order valence-electron chi connectivity index (χ3n) is 4.12. The molecule has 1 heterocycles. The van der Waals surface area contributed by atoms with E-state index in [2.05, 4.69) is 24.1 Å².